The number of imidazole rings is 2. The lowest BCUT2D eigenvalue weighted by Crippen LogP contribution is -1.97. The summed E-state index contributed by atoms with van der Waals surface area (Å²) in [5.41, 5.74) is 4.59. The van der Waals surface area contributed by atoms with Gasteiger partial charge < -0.3 is 9.13 Å². The second-order valence-corrected chi connectivity index (χ2v) is 6.12. The Morgan fingerprint density at radius 2 is 1.18 bits per heavy atom. The van der Waals surface area contributed by atoms with Crippen LogP contribution in [-0.2, 0) is 13.1 Å². The minimum Gasteiger partial charge on any atom is -0.331 e. The highest BCUT2D eigenvalue weighted by Crippen LogP contribution is 2.22. The molecule has 0 unspecified atom stereocenters. The molecule has 0 amide bonds. The molecule has 3 aromatic rings. The van der Waals surface area contributed by atoms with Crippen LogP contribution in [0.4, 0.5) is 0 Å². The summed E-state index contributed by atoms with van der Waals surface area (Å²) in [6.07, 6.45) is 11.4. The number of hydrogen-bond acceptors (Lipinski definition) is 2. The van der Waals surface area contributed by atoms with Gasteiger partial charge in [-0.05, 0) is 25.0 Å². The number of aromatic nitrogens is 4. The van der Waals surface area contributed by atoms with Crippen LogP contribution in [0.5, 0.6) is 0 Å². The molecule has 4 nitrogen and oxygen atoms in total. The maximum atomic E-state index is 4.59. The van der Waals surface area contributed by atoms with Crippen LogP contribution in [0.3, 0.4) is 0 Å². The van der Waals surface area contributed by atoms with Crippen molar-refractivity contribution in [3.05, 3.63) is 24.8 Å². The van der Waals surface area contributed by atoms with E-state index in [0.717, 1.165) is 24.1 Å². The molecule has 118 valence electrons. The number of nitrogens with zero attached hydrogens (tertiary/aromatic N) is 4. The first-order valence-corrected chi connectivity index (χ1v) is 8.63. The Labute approximate surface area is 132 Å². The van der Waals surface area contributed by atoms with Gasteiger partial charge >= 0.3 is 0 Å². The Hall–Kier alpha value is -1.84. The SMILES string of the molecule is CCCCCn1cnc2cc3c(cc21)ncn3CCCCC. The number of rotatable bonds is 8. The molecule has 4 heteroatoms. The van der Waals surface area contributed by atoms with Crippen LogP contribution in [0.15, 0.2) is 24.8 Å². The zero-order chi connectivity index (χ0) is 15.4. The minimum absolute atomic E-state index is 1.05. The summed E-state index contributed by atoms with van der Waals surface area (Å²) in [5, 5.41) is 0. The Kier molecular flexibility index (Phi) is 4.76. The van der Waals surface area contributed by atoms with Crippen molar-refractivity contribution in [3.63, 3.8) is 0 Å². The van der Waals surface area contributed by atoms with E-state index in [1.807, 2.05) is 12.7 Å². The van der Waals surface area contributed by atoms with E-state index in [2.05, 4.69) is 45.1 Å². The molecular formula is C18H26N4. The molecule has 0 aliphatic rings. The van der Waals surface area contributed by atoms with Crippen LogP contribution in [0, 0.1) is 0 Å². The summed E-state index contributed by atoms with van der Waals surface area (Å²) in [4.78, 5) is 9.17. The van der Waals surface area contributed by atoms with E-state index in [1.54, 1.807) is 0 Å². The van der Waals surface area contributed by atoms with Crippen LogP contribution >= 0.6 is 0 Å². The van der Waals surface area contributed by atoms with Crippen molar-refractivity contribution < 1.29 is 0 Å². The molecule has 0 atom stereocenters. The molecule has 0 spiro atoms. The maximum absolute atomic E-state index is 4.59. The van der Waals surface area contributed by atoms with Gasteiger partial charge in [0.2, 0.25) is 0 Å². The maximum Gasteiger partial charge on any atom is 0.0958 e. The number of unbranched alkanes of at least 4 members (excludes halogenated alkanes) is 4. The van der Waals surface area contributed by atoms with E-state index >= 15 is 0 Å². The molecule has 0 aliphatic carbocycles. The van der Waals surface area contributed by atoms with E-state index in [0.29, 0.717) is 0 Å². The van der Waals surface area contributed by atoms with Crippen molar-refractivity contribution in [2.75, 3.05) is 0 Å². The van der Waals surface area contributed by atoms with Crippen molar-refractivity contribution in [2.24, 2.45) is 0 Å². The molecule has 0 saturated heterocycles. The van der Waals surface area contributed by atoms with Gasteiger partial charge in [0.05, 0.1) is 34.7 Å². The van der Waals surface area contributed by atoms with Gasteiger partial charge in [-0.25, -0.2) is 9.97 Å². The van der Waals surface area contributed by atoms with E-state index < -0.39 is 0 Å². The van der Waals surface area contributed by atoms with Crippen molar-refractivity contribution in [1.82, 2.24) is 19.1 Å². The summed E-state index contributed by atoms with van der Waals surface area (Å²) in [5.74, 6) is 0. The molecule has 2 aromatic heterocycles. The van der Waals surface area contributed by atoms with Gasteiger partial charge in [0.25, 0.3) is 0 Å². The third kappa shape index (κ3) is 3.01. The highest BCUT2D eigenvalue weighted by atomic mass is 15.1. The van der Waals surface area contributed by atoms with E-state index in [9.17, 15) is 0 Å². The number of fused-ring (bicyclic) bond motifs is 2. The molecule has 0 saturated carbocycles. The molecule has 1 aromatic carbocycles. The van der Waals surface area contributed by atoms with Gasteiger partial charge in [0.1, 0.15) is 0 Å². The fourth-order valence-corrected chi connectivity index (χ4v) is 3.03. The largest absolute Gasteiger partial charge is 0.331 e. The predicted molar refractivity (Wildman–Crippen MR) is 92.1 cm³/mol. The summed E-state index contributed by atoms with van der Waals surface area (Å²) in [6.45, 7) is 6.57. The van der Waals surface area contributed by atoms with Crippen LogP contribution in [-0.4, -0.2) is 19.1 Å². The zero-order valence-electron chi connectivity index (χ0n) is 13.8. The van der Waals surface area contributed by atoms with Gasteiger partial charge in [-0.15, -0.1) is 0 Å². The van der Waals surface area contributed by atoms with Crippen LogP contribution in [0.2, 0.25) is 0 Å². The topological polar surface area (TPSA) is 35.6 Å². The van der Waals surface area contributed by atoms with E-state index in [1.165, 1.54) is 49.6 Å². The van der Waals surface area contributed by atoms with Crippen LogP contribution in [0.25, 0.3) is 22.1 Å². The summed E-state index contributed by atoms with van der Waals surface area (Å²) in [6, 6.07) is 4.39. The minimum atomic E-state index is 1.05. The molecule has 0 aliphatic heterocycles. The molecular weight excluding hydrogens is 272 g/mol. The molecule has 0 N–H and O–H groups in total. The number of benzene rings is 1. The molecule has 0 radical (unpaired) electrons. The van der Waals surface area contributed by atoms with E-state index in [4.69, 9.17) is 0 Å². The van der Waals surface area contributed by atoms with Crippen LogP contribution in [0.1, 0.15) is 52.4 Å². The first-order chi connectivity index (χ1) is 10.8. The van der Waals surface area contributed by atoms with Gasteiger partial charge in [0, 0.05) is 13.1 Å². The van der Waals surface area contributed by atoms with Crippen molar-refractivity contribution in [2.45, 2.75) is 65.5 Å². The first kappa shape index (κ1) is 15.1. The molecule has 3 rings (SSSR count). The van der Waals surface area contributed by atoms with E-state index in [-0.39, 0.29) is 0 Å². The third-order valence-electron chi connectivity index (χ3n) is 4.37. The van der Waals surface area contributed by atoms with Gasteiger partial charge in [-0.2, -0.15) is 0 Å². The average Bonchev–Trinajstić information content (AvgIpc) is 3.10. The van der Waals surface area contributed by atoms with Gasteiger partial charge in [0.15, 0.2) is 0 Å². The monoisotopic (exact) mass is 298 g/mol. The third-order valence-corrected chi connectivity index (χ3v) is 4.37. The summed E-state index contributed by atoms with van der Waals surface area (Å²) in [7, 11) is 0. The van der Waals surface area contributed by atoms with Crippen molar-refractivity contribution >= 4 is 22.1 Å². The van der Waals surface area contributed by atoms with Crippen molar-refractivity contribution in [3.8, 4) is 0 Å². The fraction of sp³-hybridized carbons (Fsp3) is 0.556. The lowest BCUT2D eigenvalue weighted by molar-refractivity contribution is 0.613. The summed E-state index contributed by atoms with van der Waals surface area (Å²) >= 11 is 0. The Morgan fingerprint density at radius 3 is 1.59 bits per heavy atom. The number of hydrogen-bond donors (Lipinski definition) is 0. The predicted octanol–water partition coefficient (Wildman–Crippen LogP) is 4.77. The van der Waals surface area contributed by atoms with Gasteiger partial charge in [-0.3, -0.25) is 0 Å². The summed E-state index contributed by atoms with van der Waals surface area (Å²) < 4.78 is 4.53. The Morgan fingerprint density at radius 1 is 0.727 bits per heavy atom. The highest BCUT2D eigenvalue weighted by molar-refractivity contribution is 5.91. The molecule has 2 heterocycles. The lowest BCUT2D eigenvalue weighted by atomic mass is 10.2. The highest BCUT2D eigenvalue weighted by Gasteiger charge is 2.08. The fourth-order valence-electron chi connectivity index (χ4n) is 3.03. The molecule has 22 heavy (non-hydrogen) atoms. The normalized spacial score (nSPS) is 11.7. The second kappa shape index (κ2) is 6.95. The Bertz CT molecular complexity index is 674. The smallest absolute Gasteiger partial charge is 0.0958 e. The first-order valence-electron chi connectivity index (χ1n) is 8.63. The molecule has 0 fully saturated rings. The van der Waals surface area contributed by atoms with Gasteiger partial charge in [-0.1, -0.05) is 39.5 Å². The average molecular weight is 298 g/mol. The standard InChI is InChI=1S/C18H26N4/c1-3-5-7-9-21-13-19-15-12-18-16(11-17(15)21)20-14-22(18)10-8-6-4-2/h11-14H,3-10H2,1-2H3. The molecule has 0 bridgehead atoms. The zero-order valence-corrected chi connectivity index (χ0v) is 13.8. The van der Waals surface area contributed by atoms with Crippen LogP contribution < -0.4 is 0 Å². The van der Waals surface area contributed by atoms with Crippen molar-refractivity contribution in [1.29, 1.82) is 0 Å². The second-order valence-electron chi connectivity index (χ2n) is 6.12. The lowest BCUT2D eigenvalue weighted by Gasteiger charge is -2.05. The number of aryl methyl sites for hydroxylation is 2. The quantitative estimate of drug-likeness (QED) is 0.562. The Balaban J connectivity index is 1.87.